The molecule has 0 aromatic carbocycles. The Labute approximate surface area is 80.4 Å². The molecule has 0 aliphatic carbocycles. The zero-order valence-corrected chi connectivity index (χ0v) is 7.95. The molecule has 3 saturated heterocycles. The number of nitrogens with zero attached hydrogens (tertiary/aromatic N) is 1. The van der Waals surface area contributed by atoms with Gasteiger partial charge in [0.15, 0.2) is 0 Å². The first kappa shape index (κ1) is 9.50. The number of aliphatic hydroxyl groups excluding tert-OH is 1. The largest absolute Gasteiger partial charge is 0.481 e. The molecule has 3 fully saturated rings. The molecule has 0 amide bonds. The number of hydrogen-bond acceptors (Lipinski definition) is 2. The Bertz CT molecular complexity index is 204. The van der Waals surface area contributed by atoms with Gasteiger partial charge in [0.1, 0.15) is 5.60 Å². The second kappa shape index (κ2) is 2.97. The quantitative estimate of drug-likeness (QED) is 0.561. The second-order valence-corrected chi connectivity index (χ2v) is 4.68. The van der Waals surface area contributed by atoms with E-state index in [9.17, 15) is 5.11 Å². The van der Waals surface area contributed by atoms with E-state index in [0.717, 1.165) is 25.9 Å². The van der Waals surface area contributed by atoms with E-state index >= 15 is 0 Å². The number of fused-ring (bicyclic) bond motifs is 3. The fourth-order valence-corrected chi connectivity index (χ4v) is 2.93. The molecule has 2 radical (unpaired) electrons. The van der Waals surface area contributed by atoms with Crippen molar-refractivity contribution in [2.45, 2.75) is 24.9 Å². The zero-order valence-electron chi connectivity index (χ0n) is 7.95. The first-order valence-electron chi connectivity index (χ1n) is 5.06. The van der Waals surface area contributed by atoms with E-state index in [0.29, 0.717) is 23.3 Å². The molecule has 3 aliphatic heterocycles. The van der Waals surface area contributed by atoms with Gasteiger partial charge in [-0.1, -0.05) is 0 Å². The van der Waals surface area contributed by atoms with Crippen LogP contribution in [0.3, 0.4) is 0 Å². The van der Waals surface area contributed by atoms with Gasteiger partial charge >= 0.3 is 7.98 Å². The third-order valence-corrected chi connectivity index (χ3v) is 3.74. The van der Waals surface area contributed by atoms with Crippen LogP contribution in [0.4, 0.5) is 0 Å². The molecule has 3 rings (SSSR count). The monoisotopic (exact) mass is 182 g/mol. The summed E-state index contributed by atoms with van der Waals surface area (Å²) in [6.07, 6.45) is 2.49. The summed E-state index contributed by atoms with van der Waals surface area (Å²) >= 11 is 0. The molecular weight excluding hydrogens is 165 g/mol. The smallest absolute Gasteiger partial charge is 0.396 e. The minimum absolute atomic E-state index is 0.0625. The van der Waals surface area contributed by atoms with Gasteiger partial charge in [-0.15, -0.1) is 0 Å². The van der Waals surface area contributed by atoms with Crippen molar-refractivity contribution in [3.8, 4) is 0 Å². The summed E-state index contributed by atoms with van der Waals surface area (Å²) in [4.78, 5) is 0. The van der Waals surface area contributed by atoms with Gasteiger partial charge < -0.3 is 14.6 Å². The Morgan fingerprint density at radius 3 is 2.46 bits per heavy atom. The van der Waals surface area contributed by atoms with Crippen LogP contribution in [0.25, 0.3) is 0 Å². The van der Waals surface area contributed by atoms with Crippen LogP contribution in [0.15, 0.2) is 0 Å². The molecule has 3 aliphatic rings. The van der Waals surface area contributed by atoms with Crippen molar-refractivity contribution in [1.82, 2.24) is 0 Å². The van der Waals surface area contributed by atoms with E-state index in [1.807, 2.05) is 0 Å². The average molecular weight is 182 g/mol. The highest BCUT2D eigenvalue weighted by Gasteiger charge is 2.51. The first-order valence-corrected chi connectivity index (χ1v) is 5.06. The van der Waals surface area contributed by atoms with E-state index in [1.165, 1.54) is 0 Å². The molecular formula is C9H17BNO2+. The highest BCUT2D eigenvalue weighted by atomic mass is 16.3. The third-order valence-electron chi connectivity index (χ3n) is 3.74. The van der Waals surface area contributed by atoms with Crippen molar-refractivity contribution >= 4 is 7.98 Å². The van der Waals surface area contributed by atoms with Crippen LogP contribution in [0, 0.1) is 5.92 Å². The molecule has 0 aromatic heterocycles. The van der Waals surface area contributed by atoms with E-state index in [2.05, 4.69) is 0 Å². The summed E-state index contributed by atoms with van der Waals surface area (Å²) in [6.45, 7) is 2.65. The molecule has 0 spiro atoms. The molecule has 3 heterocycles. The summed E-state index contributed by atoms with van der Waals surface area (Å²) in [5.74, 6) is 0.364. The van der Waals surface area contributed by atoms with Gasteiger partial charge in [-0.25, -0.2) is 0 Å². The highest BCUT2D eigenvalue weighted by Crippen LogP contribution is 2.40. The molecule has 2 bridgehead atoms. The lowest BCUT2D eigenvalue weighted by atomic mass is 9.70. The summed E-state index contributed by atoms with van der Waals surface area (Å²) in [5.41, 5.74) is -0.694. The lowest BCUT2D eigenvalue weighted by Gasteiger charge is -2.55. The maximum Gasteiger partial charge on any atom is 0.481 e. The lowest BCUT2D eigenvalue weighted by Crippen LogP contribution is -2.68. The zero-order chi connectivity index (χ0) is 9.53. The molecule has 13 heavy (non-hydrogen) atoms. The van der Waals surface area contributed by atoms with Gasteiger partial charge in [0.2, 0.25) is 0 Å². The van der Waals surface area contributed by atoms with Crippen LogP contribution in [0.5, 0.6) is 0 Å². The normalized spacial score (nSPS) is 49.5. The number of quaternary nitrogens is 1. The fourth-order valence-electron chi connectivity index (χ4n) is 2.93. The molecule has 1 atom stereocenters. The second-order valence-electron chi connectivity index (χ2n) is 4.68. The van der Waals surface area contributed by atoms with E-state index in [4.69, 9.17) is 13.1 Å². The topological polar surface area (TPSA) is 40.5 Å². The molecule has 72 valence electrons. The van der Waals surface area contributed by atoms with Crippen molar-refractivity contribution < 1.29 is 14.6 Å². The number of piperidine rings is 3. The predicted octanol–water partition coefficient (Wildman–Crippen LogP) is -0.576. The Kier molecular flexibility index (Phi) is 2.17. The number of aliphatic hydroxyl groups is 2. The van der Waals surface area contributed by atoms with Crippen LogP contribution >= 0.6 is 0 Å². The van der Waals surface area contributed by atoms with Gasteiger partial charge in [0.05, 0.1) is 19.6 Å². The Morgan fingerprint density at radius 2 is 2.00 bits per heavy atom. The summed E-state index contributed by atoms with van der Waals surface area (Å²) in [7, 11) is 6.10. The molecule has 4 heteroatoms. The lowest BCUT2D eigenvalue weighted by molar-refractivity contribution is -0.846. The number of rotatable bonds is 2. The van der Waals surface area contributed by atoms with Crippen LogP contribution in [-0.2, 0) is 0 Å². The van der Waals surface area contributed by atoms with Gasteiger partial charge in [-0.3, -0.25) is 0 Å². The van der Waals surface area contributed by atoms with Gasteiger partial charge in [0.25, 0.3) is 0 Å². The maximum atomic E-state index is 10.3. The fraction of sp³-hybridized carbons (Fsp3) is 1.00. The highest BCUT2D eigenvalue weighted by molar-refractivity contribution is 5.97. The molecule has 0 aromatic rings. The minimum Gasteiger partial charge on any atom is -0.396 e. The summed E-state index contributed by atoms with van der Waals surface area (Å²) in [6, 6.07) is 0. The molecule has 1 unspecified atom stereocenters. The number of hydrogen-bond donors (Lipinski definition) is 2. The van der Waals surface area contributed by atoms with Crippen LogP contribution < -0.4 is 0 Å². The van der Waals surface area contributed by atoms with Gasteiger partial charge in [-0.05, 0) is 0 Å². The van der Waals surface area contributed by atoms with Gasteiger partial charge in [0, 0.05) is 31.8 Å². The van der Waals surface area contributed by atoms with Crippen molar-refractivity contribution in [3.05, 3.63) is 0 Å². The van der Waals surface area contributed by atoms with E-state index in [-0.39, 0.29) is 6.61 Å². The standard InChI is InChI=1S/C9H17BNO2/c10-11-4-1-8(2-5-11)9(13,7-11)3-6-12/h8,12-13H,1-7H2/q+1. The van der Waals surface area contributed by atoms with Crippen LogP contribution in [-0.4, -0.2) is 54.4 Å². The Hall–Kier alpha value is -0.0551. The average Bonchev–Trinajstić information content (AvgIpc) is 2.03. The van der Waals surface area contributed by atoms with E-state index in [1.54, 1.807) is 0 Å². The van der Waals surface area contributed by atoms with Crippen LogP contribution in [0.1, 0.15) is 19.3 Å². The van der Waals surface area contributed by atoms with Crippen molar-refractivity contribution in [2.24, 2.45) is 5.92 Å². The minimum atomic E-state index is -0.694. The summed E-state index contributed by atoms with van der Waals surface area (Å²) < 4.78 is 0.507. The molecule has 3 nitrogen and oxygen atoms in total. The maximum absolute atomic E-state index is 10.3. The van der Waals surface area contributed by atoms with Crippen molar-refractivity contribution in [2.75, 3.05) is 26.2 Å². The molecule has 0 saturated carbocycles. The van der Waals surface area contributed by atoms with Crippen LogP contribution in [0.2, 0.25) is 0 Å². The van der Waals surface area contributed by atoms with E-state index < -0.39 is 5.60 Å². The third kappa shape index (κ3) is 1.51. The van der Waals surface area contributed by atoms with Crippen molar-refractivity contribution in [1.29, 1.82) is 0 Å². The molecule has 2 N–H and O–H groups in total. The van der Waals surface area contributed by atoms with Crippen molar-refractivity contribution in [3.63, 3.8) is 0 Å². The van der Waals surface area contributed by atoms with Gasteiger partial charge in [-0.2, -0.15) is 0 Å². The Balaban J connectivity index is 2.14. The summed E-state index contributed by atoms with van der Waals surface area (Å²) in [5, 5.41) is 19.2. The SMILES string of the molecule is [B][N+]12CCC(CC1)C(O)(CCO)C2. The Morgan fingerprint density at radius 1 is 1.38 bits per heavy atom. The first-order chi connectivity index (χ1) is 6.08. The predicted molar refractivity (Wildman–Crippen MR) is 50.0 cm³/mol.